The van der Waals surface area contributed by atoms with Gasteiger partial charge in [0, 0.05) is 13.2 Å². The van der Waals surface area contributed by atoms with Crippen molar-refractivity contribution in [3.8, 4) is 45.8 Å². The number of aromatic nitrogens is 5. The maximum atomic E-state index is 10.7. The summed E-state index contributed by atoms with van der Waals surface area (Å²) in [6.07, 6.45) is 1.67. The van der Waals surface area contributed by atoms with Crippen molar-refractivity contribution in [1.29, 1.82) is 0 Å². The molecule has 2 heterocycles. The molecule has 2 aromatic heterocycles. The van der Waals surface area contributed by atoms with E-state index in [1.165, 1.54) is 0 Å². The zero-order valence-corrected chi connectivity index (χ0v) is 17.6. The fourth-order valence-corrected chi connectivity index (χ4v) is 3.29. The van der Waals surface area contributed by atoms with Crippen molar-refractivity contribution in [3.05, 3.63) is 58.8 Å². The fraction of sp³-hybridized carbons (Fsp3) is 0.217. The van der Waals surface area contributed by atoms with Crippen LogP contribution in [0.3, 0.4) is 0 Å². The predicted molar refractivity (Wildman–Crippen MR) is 115 cm³/mol. The molecule has 7 heteroatoms. The highest BCUT2D eigenvalue weighted by Crippen LogP contribution is 2.36. The lowest BCUT2D eigenvalue weighted by Gasteiger charge is -2.13. The smallest absolute Gasteiger partial charge is 0.182 e. The fourth-order valence-electron chi connectivity index (χ4n) is 3.29. The van der Waals surface area contributed by atoms with Gasteiger partial charge in [0.15, 0.2) is 17.5 Å². The number of benzene rings is 2. The number of rotatable bonds is 3. The zero-order chi connectivity index (χ0) is 21.6. The number of nitrogens with zero attached hydrogens (tertiary/aromatic N) is 5. The molecule has 0 aliphatic rings. The van der Waals surface area contributed by atoms with Crippen LogP contribution in [0.5, 0.6) is 11.5 Å². The van der Waals surface area contributed by atoms with Gasteiger partial charge in [0.25, 0.3) is 0 Å². The summed E-state index contributed by atoms with van der Waals surface area (Å²) < 4.78 is 1.67. The first-order chi connectivity index (χ1) is 14.3. The second kappa shape index (κ2) is 7.26. The predicted octanol–water partition coefficient (Wildman–Crippen LogP) is 4.25. The minimum Gasteiger partial charge on any atom is -0.507 e. The lowest BCUT2D eigenvalue weighted by atomic mass is 10.0. The minimum atomic E-state index is 0.132. The van der Waals surface area contributed by atoms with Gasteiger partial charge in [0.05, 0.1) is 11.1 Å². The molecule has 0 amide bonds. The van der Waals surface area contributed by atoms with Gasteiger partial charge in [0.2, 0.25) is 0 Å². The van der Waals surface area contributed by atoms with E-state index in [1.807, 2.05) is 45.9 Å². The van der Waals surface area contributed by atoms with Gasteiger partial charge in [-0.3, -0.25) is 4.68 Å². The van der Waals surface area contributed by atoms with Crippen molar-refractivity contribution >= 4 is 0 Å². The van der Waals surface area contributed by atoms with Gasteiger partial charge < -0.3 is 10.2 Å². The van der Waals surface area contributed by atoms with Gasteiger partial charge >= 0.3 is 0 Å². The molecule has 0 radical (unpaired) electrons. The van der Waals surface area contributed by atoms with Gasteiger partial charge in [-0.25, -0.2) is 15.0 Å². The highest BCUT2D eigenvalue weighted by atomic mass is 16.3. The van der Waals surface area contributed by atoms with E-state index in [-0.39, 0.29) is 11.5 Å². The SMILES string of the molecule is Cc1ccc(-c2nc(-c3ccc(C)c(C)c3O)nc(-c3ccnn3C)n2)c(O)c1C. The van der Waals surface area contributed by atoms with Crippen LogP contribution >= 0.6 is 0 Å². The Hall–Kier alpha value is -3.74. The van der Waals surface area contributed by atoms with Crippen LogP contribution in [0.2, 0.25) is 0 Å². The van der Waals surface area contributed by atoms with Crippen LogP contribution in [0.4, 0.5) is 0 Å². The Balaban J connectivity index is 2.01. The average molecular weight is 401 g/mol. The monoisotopic (exact) mass is 401 g/mol. The second-order valence-corrected chi connectivity index (χ2v) is 7.45. The molecule has 30 heavy (non-hydrogen) atoms. The van der Waals surface area contributed by atoms with Crippen LogP contribution in [0.25, 0.3) is 34.3 Å². The zero-order valence-electron chi connectivity index (χ0n) is 17.6. The molecule has 0 saturated heterocycles. The van der Waals surface area contributed by atoms with E-state index in [0.717, 1.165) is 22.3 Å². The van der Waals surface area contributed by atoms with Crippen molar-refractivity contribution in [2.24, 2.45) is 7.05 Å². The van der Waals surface area contributed by atoms with Crippen molar-refractivity contribution in [1.82, 2.24) is 24.7 Å². The van der Waals surface area contributed by atoms with Gasteiger partial charge in [-0.2, -0.15) is 5.10 Å². The Morgan fingerprint density at radius 2 is 1.13 bits per heavy atom. The Labute approximate surface area is 174 Å². The lowest BCUT2D eigenvalue weighted by molar-refractivity contribution is 0.472. The molecule has 4 rings (SSSR count). The van der Waals surface area contributed by atoms with Crippen LogP contribution in [0.1, 0.15) is 22.3 Å². The Morgan fingerprint density at radius 1 is 0.667 bits per heavy atom. The van der Waals surface area contributed by atoms with Gasteiger partial charge in [-0.15, -0.1) is 0 Å². The van der Waals surface area contributed by atoms with E-state index in [4.69, 9.17) is 0 Å². The van der Waals surface area contributed by atoms with E-state index >= 15 is 0 Å². The summed E-state index contributed by atoms with van der Waals surface area (Å²) in [4.78, 5) is 13.8. The third-order valence-electron chi connectivity index (χ3n) is 5.57. The minimum absolute atomic E-state index is 0.132. The number of phenolic OH excluding ortho intramolecular Hbond substituents is 2. The van der Waals surface area contributed by atoms with Gasteiger partial charge in [-0.05, 0) is 68.1 Å². The van der Waals surface area contributed by atoms with Crippen LogP contribution in [-0.4, -0.2) is 34.9 Å². The number of hydrogen-bond acceptors (Lipinski definition) is 6. The molecule has 4 aromatic rings. The summed E-state index contributed by atoms with van der Waals surface area (Å²) in [5.74, 6) is 1.33. The van der Waals surface area contributed by atoms with E-state index in [9.17, 15) is 10.2 Å². The van der Waals surface area contributed by atoms with Crippen molar-refractivity contribution in [2.75, 3.05) is 0 Å². The Morgan fingerprint density at radius 3 is 1.57 bits per heavy atom. The van der Waals surface area contributed by atoms with Gasteiger partial charge in [-0.1, -0.05) is 12.1 Å². The first kappa shape index (κ1) is 19.6. The van der Waals surface area contributed by atoms with Crippen LogP contribution in [0, 0.1) is 27.7 Å². The molecule has 0 atom stereocenters. The van der Waals surface area contributed by atoms with Gasteiger partial charge in [0.1, 0.15) is 17.2 Å². The molecule has 152 valence electrons. The van der Waals surface area contributed by atoms with Crippen molar-refractivity contribution < 1.29 is 10.2 Å². The quantitative estimate of drug-likeness (QED) is 0.533. The van der Waals surface area contributed by atoms with Crippen LogP contribution < -0.4 is 0 Å². The maximum absolute atomic E-state index is 10.7. The molecule has 2 N–H and O–H groups in total. The topological polar surface area (TPSA) is 97.0 Å². The number of aromatic hydroxyl groups is 2. The third kappa shape index (κ3) is 3.18. The average Bonchev–Trinajstić information content (AvgIpc) is 3.16. The summed E-state index contributed by atoms with van der Waals surface area (Å²) >= 11 is 0. The normalized spacial score (nSPS) is 11.1. The molecule has 0 bridgehead atoms. The first-order valence-electron chi connectivity index (χ1n) is 9.61. The van der Waals surface area contributed by atoms with E-state index < -0.39 is 0 Å². The third-order valence-corrected chi connectivity index (χ3v) is 5.57. The van der Waals surface area contributed by atoms with Crippen molar-refractivity contribution in [2.45, 2.75) is 27.7 Å². The highest BCUT2D eigenvalue weighted by molar-refractivity contribution is 5.73. The first-order valence-corrected chi connectivity index (χ1v) is 9.61. The maximum Gasteiger partial charge on any atom is 0.182 e. The molecule has 0 aliphatic carbocycles. The summed E-state index contributed by atoms with van der Waals surface area (Å²) in [5, 5.41) is 25.7. The molecule has 2 aromatic carbocycles. The molecule has 0 fully saturated rings. The van der Waals surface area contributed by atoms with E-state index in [1.54, 1.807) is 30.1 Å². The number of hydrogen-bond donors (Lipinski definition) is 2. The molecule has 7 nitrogen and oxygen atoms in total. The largest absolute Gasteiger partial charge is 0.507 e. The molecular formula is C23H23N5O2. The standard InChI is InChI=1S/C23H23N5O2/c1-12-6-8-16(19(29)14(12)3)21-25-22(17-9-7-13(2)15(4)20(17)30)27-23(26-21)18-10-11-24-28(18)5/h6-11,29-30H,1-5H3. The summed E-state index contributed by atoms with van der Waals surface area (Å²) in [6.45, 7) is 7.58. The molecule has 0 aliphatic heterocycles. The van der Waals surface area contributed by atoms with Crippen LogP contribution in [0.15, 0.2) is 36.5 Å². The highest BCUT2D eigenvalue weighted by Gasteiger charge is 2.19. The Bertz CT molecular complexity index is 1200. The summed E-state index contributed by atoms with van der Waals surface area (Å²) in [7, 11) is 1.81. The summed E-state index contributed by atoms with van der Waals surface area (Å²) in [5.41, 5.74) is 5.21. The van der Waals surface area contributed by atoms with Crippen LogP contribution in [-0.2, 0) is 7.05 Å². The molecule has 0 saturated carbocycles. The molecule has 0 spiro atoms. The number of aryl methyl sites for hydroxylation is 3. The second-order valence-electron chi connectivity index (χ2n) is 7.45. The number of phenols is 2. The lowest BCUT2D eigenvalue weighted by Crippen LogP contribution is -2.04. The molecular weight excluding hydrogens is 378 g/mol. The Kier molecular flexibility index (Phi) is 4.73. The van der Waals surface area contributed by atoms with E-state index in [0.29, 0.717) is 34.3 Å². The van der Waals surface area contributed by atoms with Crippen molar-refractivity contribution in [3.63, 3.8) is 0 Å². The summed E-state index contributed by atoms with van der Waals surface area (Å²) in [6, 6.07) is 9.24. The van der Waals surface area contributed by atoms with E-state index in [2.05, 4.69) is 20.1 Å². The molecule has 0 unspecified atom stereocenters.